The molecule has 1 N–H and O–H groups in total. The van der Waals surface area contributed by atoms with Gasteiger partial charge in [-0.25, -0.2) is 13.6 Å². The standard InChI is InChI=1S/C12H19F2NO4/c1-11(2,3)19-10(17)15-8-7(9(16)18-4)5-6-12(8,13)14/h7-8H,5-6H2,1-4H3,(H,15,17)/t7-,8+/m1/s1. The molecule has 1 aliphatic carbocycles. The Kier molecular flexibility index (Phi) is 4.37. The first-order chi connectivity index (χ1) is 8.57. The Labute approximate surface area is 110 Å². The van der Waals surface area contributed by atoms with Crippen LogP contribution in [0, 0.1) is 5.92 Å². The average molecular weight is 279 g/mol. The summed E-state index contributed by atoms with van der Waals surface area (Å²) in [4.78, 5) is 23.0. The van der Waals surface area contributed by atoms with E-state index in [-0.39, 0.29) is 6.42 Å². The first kappa shape index (κ1) is 15.7. The van der Waals surface area contributed by atoms with E-state index in [1.807, 2.05) is 0 Å². The fourth-order valence-electron chi connectivity index (χ4n) is 2.01. The van der Waals surface area contributed by atoms with E-state index < -0.39 is 42.0 Å². The Hall–Kier alpha value is -1.40. The van der Waals surface area contributed by atoms with Crippen LogP contribution >= 0.6 is 0 Å². The number of rotatable bonds is 2. The number of esters is 1. The van der Waals surface area contributed by atoms with Crippen LogP contribution in [0.25, 0.3) is 0 Å². The number of alkyl halides is 2. The second-order valence-corrected chi connectivity index (χ2v) is 5.55. The lowest BCUT2D eigenvalue weighted by Crippen LogP contribution is -2.50. The van der Waals surface area contributed by atoms with Crippen molar-refractivity contribution in [2.24, 2.45) is 5.92 Å². The van der Waals surface area contributed by atoms with Gasteiger partial charge in [-0.3, -0.25) is 4.79 Å². The quantitative estimate of drug-likeness (QED) is 0.786. The normalized spacial score (nSPS) is 25.8. The van der Waals surface area contributed by atoms with E-state index in [1.54, 1.807) is 20.8 Å². The number of alkyl carbamates (subject to hydrolysis) is 1. The lowest BCUT2D eigenvalue weighted by Gasteiger charge is -2.26. The number of hydrogen-bond donors (Lipinski definition) is 1. The van der Waals surface area contributed by atoms with E-state index in [9.17, 15) is 18.4 Å². The monoisotopic (exact) mass is 279 g/mol. The fourth-order valence-corrected chi connectivity index (χ4v) is 2.01. The molecule has 0 aliphatic heterocycles. The number of ether oxygens (including phenoxy) is 2. The third-order valence-electron chi connectivity index (χ3n) is 2.82. The van der Waals surface area contributed by atoms with Gasteiger partial charge in [0.15, 0.2) is 0 Å². The fraction of sp³-hybridized carbons (Fsp3) is 0.833. The second-order valence-electron chi connectivity index (χ2n) is 5.55. The third kappa shape index (κ3) is 4.04. The van der Waals surface area contributed by atoms with Crippen molar-refractivity contribution in [3.05, 3.63) is 0 Å². The Balaban J connectivity index is 2.76. The van der Waals surface area contributed by atoms with Crippen molar-refractivity contribution in [3.63, 3.8) is 0 Å². The van der Waals surface area contributed by atoms with Crippen LogP contribution in [0.3, 0.4) is 0 Å². The number of amides is 1. The molecule has 0 aromatic carbocycles. The number of carbonyl (C=O) groups is 2. The molecule has 2 atom stereocenters. The van der Waals surface area contributed by atoms with Crippen LogP contribution in [0.2, 0.25) is 0 Å². The molecule has 19 heavy (non-hydrogen) atoms. The summed E-state index contributed by atoms with van der Waals surface area (Å²) in [5.74, 6) is -4.94. The van der Waals surface area contributed by atoms with Gasteiger partial charge in [0.2, 0.25) is 0 Å². The number of halogens is 2. The van der Waals surface area contributed by atoms with E-state index in [0.29, 0.717) is 0 Å². The number of methoxy groups -OCH3 is 1. The molecule has 0 spiro atoms. The number of carbonyl (C=O) groups excluding carboxylic acids is 2. The molecule has 110 valence electrons. The lowest BCUT2D eigenvalue weighted by atomic mass is 10.0. The molecule has 1 amide bonds. The Morgan fingerprint density at radius 3 is 2.37 bits per heavy atom. The van der Waals surface area contributed by atoms with Crippen molar-refractivity contribution in [2.45, 2.75) is 51.2 Å². The Morgan fingerprint density at radius 1 is 1.32 bits per heavy atom. The largest absolute Gasteiger partial charge is 0.469 e. The van der Waals surface area contributed by atoms with Crippen LogP contribution in [0.5, 0.6) is 0 Å². The molecule has 0 saturated heterocycles. The highest BCUT2D eigenvalue weighted by Crippen LogP contribution is 2.40. The first-order valence-electron chi connectivity index (χ1n) is 6.02. The first-order valence-corrected chi connectivity index (χ1v) is 6.02. The zero-order chi connectivity index (χ0) is 14.8. The highest BCUT2D eigenvalue weighted by atomic mass is 19.3. The van der Waals surface area contributed by atoms with Crippen molar-refractivity contribution < 1.29 is 27.8 Å². The average Bonchev–Trinajstić information content (AvgIpc) is 2.51. The van der Waals surface area contributed by atoms with Crippen molar-refractivity contribution in [2.75, 3.05) is 7.11 Å². The van der Waals surface area contributed by atoms with Crippen molar-refractivity contribution >= 4 is 12.1 Å². The molecule has 1 aliphatic rings. The summed E-state index contributed by atoms with van der Waals surface area (Å²) in [6.07, 6.45) is -1.46. The van der Waals surface area contributed by atoms with Crippen LogP contribution in [-0.2, 0) is 14.3 Å². The maximum atomic E-state index is 13.7. The SMILES string of the molecule is COC(=O)[C@@H]1CCC(F)(F)[C@H]1NC(=O)OC(C)(C)C. The Morgan fingerprint density at radius 2 is 1.89 bits per heavy atom. The zero-order valence-corrected chi connectivity index (χ0v) is 11.5. The summed E-state index contributed by atoms with van der Waals surface area (Å²) in [5.41, 5.74) is -0.793. The summed E-state index contributed by atoms with van der Waals surface area (Å²) in [6.45, 7) is 4.87. The maximum absolute atomic E-state index is 13.7. The molecule has 1 fully saturated rings. The van der Waals surface area contributed by atoms with E-state index in [4.69, 9.17) is 4.74 Å². The van der Waals surface area contributed by atoms with Crippen LogP contribution in [0.1, 0.15) is 33.6 Å². The summed E-state index contributed by atoms with van der Waals surface area (Å²) in [6, 6.07) is -1.59. The van der Waals surface area contributed by atoms with Crippen LogP contribution in [0.15, 0.2) is 0 Å². The molecule has 0 radical (unpaired) electrons. The molecular weight excluding hydrogens is 260 g/mol. The van der Waals surface area contributed by atoms with Gasteiger partial charge in [-0.15, -0.1) is 0 Å². The molecule has 0 unspecified atom stereocenters. The summed E-state index contributed by atoms with van der Waals surface area (Å²) in [7, 11) is 1.13. The molecule has 0 heterocycles. The van der Waals surface area contributed by atoms with Crippen molar-refractivity contribution in [1.29, 1.82) is 0 Å². The highest BCUT2D eigenvalue weighted by molar-refractivity contribution is 5.76. The maximum Gasteiger partial charge on any atom is 0.408 e. The van der Waals surface area contributed by atoms with Gasteiger partial charge in [0.1, 0.15) is 11.6 Å². The molecule has 0 aromatic heterocycles. The van der Waals surface area contributed by atoms with Crippen LogP contribution in [-0.4, -0.2) is 36.7 Å². The molecule has 5 nitrogen and oxygen atoms in total. The second kappa shape index (κ2) is 5.30. The molecule has 0 aromatic rings. The smallest absolute Gasteiger partial charge is 0.408 e. The molecule has 0 bridgehead atoms. The topological polar surface area (TPSA) is 64.6 Å². The van der Waals surface area contributed by atoms with Crippen molar-refractivity contribution in [3.8, 4) is 0 Å². The molecule has 1 rings (SSSR count). The summed E-state index contributed by atoms with van der Waals surface area (Å²) < 4.78 is 36.7. The minimum absolute atomic E-state index is 0.0276. The van der Waals surface area contributed by atoms with E-state index in [2.05, 4.69) is 10.1 Å². The van der Waals surface area contributed by atoms with Gasteiger partial charge in [0, 0.05) is 6.42 Å². The minimum atomic E-state index is -3.14. The number of hydrogen-bond acceptors (Lipinski definition) is 4. The van der Waals surface area contributed by atoms with E-state index in [0.717, 1.165) is 7.11 Å². The van der Waals surface area contributed by atoms with Gasteiger partial charge in [0.25, 0.3) is 5.92 Å². The van der Waals surface area contributed by atoms with Crippen molar-refractivity contribution in [1.82, 2.24) is 5.32 Å². The zero-order valence-electron chi connectivity index (χ0n) is 11.5. The third-order valence-corrected chi connectivity index (χ3v) is 2.82. The van der Waals surface area contributed by atoms with Gasteiger partial charge >= 0.3 is 12.1 Å². The predicted octanol–water partition coefficient (Wildman–Crippen LogP) is 2.10. The van der Waals surface area contributed by atoms with Gasteiger partial charge in [-0.1, -0.05) is 0 Å². The van der Waals surface area contributed by atoms with Gasteiger partial charge in [-0.05, 0) is 27.2 Å². The van der Waals surface area contributed by atoms with Crippen LogP contribution in [0.4, 0.5) is 13.6 Å². The summed E-state index contributed by atoms with van der Waals surface area (Å²) >= 11 is 0. The number of nitrogens with one attached hydrogen (secondary N) is 1. The molecule has 7 heteroatoms. The highest BCUT2D eigenvalue weighted by Gasteiger charge is 2.54. The predicted molar refractivity (Wildman–Crippen MR) is 62.8 cm³/mol. The lowest BCUT2D eigenvalue weighted by molar-refractivity contribution is -0.147. The Bertz CT molecular complexity index is 365. The molecule has 1 saturated carbocycles. The van der Waals surface area contributed by atoms with Crippen LogP contribution < -0.4 is 5.32 Å². The molecular formula is C12H19F2NO4. The van der Waals surface area contributed by atoms with E-state index >= 15 is 0 Å². The van der Waals surface area contributed by atoms with Gasteiger partial charge < -0.3 is 14.8 Å². The summed E-state index contributed by atoms with van der Waals surface area (Å²) in [5, 5.41) is 2.08. The van der Waals surface area contributed by atoms with Gasteiger partial charge in [0.05, 0.1) is 13.0 Å². The van der Waals surface area contributed by atoms with Gasteiger partial charge in [-0.2, -0.15) is 0 Å². The van der Waals surface area contributed by atoms with E-state index in [1.165, 1.54) is 0 Å². The minimum Gasteiger partial charge on any atom is -0.469 e.